The molecule has 0 aliphatic heterocycles. The Labute approximate surface area is 141 Å². The van der Waals surface area contributed by atoms with Crippen LogP contribution in [0.25, 0.3) is 11.1 Å². The SMILES string of the molecule is Cc1cc2oc(=O)n(C)c2cc1S(=O)(=O)Nc1cc(F)cc(Cl)c1. The van der Waals surface area contributed by atoms with Gasteiger partial charge in [0, 0.05) is 12.1 Å². The molecule has 0 bridgehead atoms. The van der Waals surface area contributed by atoms with Crippen molar-refractivity contribution in [2.75, 3.05) is 4.72 Å². The van der Waals surface area contributed by atoms with Crippen LogP contribution in [-0.2, 0) is 17.1 Å². The zero-order chi connectivity index (χ0) is 17.6. The van der Waals surface area contributed by atoms with Crippen LogP contribution < -0.4 is 10.5 Å². The Hall–Kier alpha value is -2.32. The van der Waals surface area contributed by atoms with Crippen molar-refractivity contribution in [2.24, 2.45) is 7.05 Å². The first-order valence-corrected chi connectivity index (χ1v) is 8.62. The first-order chi connectivity index (χ1) is 11.2. The summed E-state index contributed by atoms with van der Waals surface area (Å²) in [6.45, 7) is 1.57. The summed E-state index contributed by atoms with van der Waals surface area (Å²) in [5.41, 5.74) is 1.00. The van der Waals surface area contributed by atoms with Crippen LogP contribution in [-0.4, -0.2) is 13.0 Å². The molecule has 0 atom stereocenters. The summed E-state index contributed by atoms with van der Waals surface area (Å²) < 4.78 is 47.1. The first-order valence-electron chi connectivity index (χ1n) is 6.76. The third kappa shape index (κ3) is 2.90. The first kappa shape index (κ1) is 16.5. The van der Waals surface area contributed by atoms with Gasteiger partial charge in [-0.15, -0.1) is 0 Å². The molecule has 3 rings (SSSR count). The van der Waals surface area contributed by atoms with E-state index in [9.17, 15) is 17.6 Å². The average Bonchev–Trinajstić information content (AvgIpc) is 2.70. The van der Waals surface area contributed by atoms with Gasteiger partial charge in [-0.25, -0.2) is 17.6 Å². The molecular formula is C15H12ClFN2O4S. The number of fused-ring (bicyclic) bond motifs is 1. The second-order valence-electron chi connectivity index (χ2n) is 5.28. The topological polar surface area (TPSA) is 81.3 Å². The fraction of sp³-hybridized carbons (Fsp3) is 0.133. The lowest BCUT2D eigenvalue weighted by Crippen LogP contribution is -2.15. The summed E-state index contributed by atoms with van der Waals surface area (Å²) in [5, 5.41) is 0.0668. The smallest absolute Gasteiger partial charge is 0.408 e. The summed E-state index contributed by atoms with van der Waals surface area (Å²) in [6, 6.07) is 6.18. The summed E-state index contributed by atoms with van der Waals surface area (Å²) in [6.07, 6.45) is 0. The van der Waals surface area contributed by atoms with E-state index < -0.39 is 21.6 Å². The molecule has 0 radical (unpaired) electrons. The van der Waals surface area contributed by atoms with Gasteiger partial charge in [0.15, 0.2) is 5.58 Å². The maximum Gasteiger partial charge on any atom is 0.419 e. The number of halogens is 2. The van der Waals surface area contributed by atoms with Crippen molar-refractivity contribution in [3.8, 4) is 0 Å². The van der Waals surface area contributed by atoms with Crippen LogP contribution in [0.5, 0.6) is 0 Å². The molecule has 1 heterocycles. The van der Waals surface area contributed by atoms with Crippen LogP contribution in [0, 0.1) is 12.7 Å². The van der Waals surface area contributed by atoms with Crippen LogP contribution in [0.4, 0.5) is 10.1 Å². The highest BCUT2D eigenvalue weighted by molar-refractivity contribution is 7.92. The summed E-state index contributed by atoms with van der Waals surface area (Å²) in [4.78, 5) is 11.5. The van der Waals surface area contributed by atoms with Crippen molar-refractivity contribution in [1.82, 2.24) is 4.57 Å². The van der Waals surface area contributed by atoms with Crippen molar-refractivity contribution in [3.63, 3.8) is 0 Å². The number of sulfonamides is 1. The Morgan fingerprint density at radius 3 is 2.58 bits per heavy atom. The minimum absolute atomic E-state index is 0.000537. The number of anilines is 1. The highest BCUT2D eigenvalue weighted by Gasteiger charge is 2.20. The maximum atomic E-state index is 13.4. The molecule has 2 aromatic carbocycles. The van der Waals surface area contributed by atoms with Gasteiger partial charge in [0.1, 0.15) is 5.82 Å². The molecule has 24 heavy (non-hydrogen) atoms. The number of hydrogen-bond acceptors (Lipinski definition) is 4. The summed E-state index contributed by atoms with van der Waals surface area (Å²) in [5.74, 6) is -1.26. The maximum absolute atomic E-state index is 13.4. The molecule has 6 nitrogen and oxygen atoms in total. The van der Waals surface area contributed by atoms with Gasteiger partial charge in [0.25, 0.3) is 10.0 Å². The molecule has 0 aliphatic carbocycles. The van der Waals surface area contributed by atoms with Crippen molar-refractivity contribution in [2.45, 2.75) is 11.8 Å². The third-order valence-corrected chi connectivity index (χ3v) is 5.23. The number of oxazole rings is 1. The Morgan fingerprint density at radius 2 is 1.92 bits per heavy atom. The quantitative estimate of drug-likeness (QED) is 0.768. The minimum Gasteiger partial charge on any atom is -0.408 e. The fourth-order valence-electron chi connectivity index (χ4n) is 2.37. The van der Waals surface area contributed by atoms with Crippen LogP contribution in [0.1, 0.15) is 5.56 Å². The van der Waals surface area contributed by atoms with E-state index in [1.807, 2.05) is 0 Å². The number of rotatable bonds is 3. The number of benzene rings is 2. The molecule has 0 aliphatic rings. The Balaban J connectivity index is 2.12. The molecule has 0 unspecified atom stereocenters. The van der Waals surface area contributed by atoms with Crippen molar-refractivity contribution in [1.29, 1.82) is 0 Å². The van der Waals surface area contributed by atoms with Gasteiger partial charge in [-0.1, -0.05) is 11.6 Å². The predicted molar refractivity (Wildman–Crippen MR) is 88.4 cm³/mol. The van der Waals surface area contributed by atoms with Crippen LogP contribution >= 0.6 is 11.6 Å². The summed E-state index contributed by atoms with van der Waals surface area (Å²) in [7, 11) is -2.54. The lowest BCUT2D eigenvalue weighted by atomic mass is 10.2. The molecule has 126 valence electrons. The standard InChI is InChI=1S/C15H12ClFN2O4S/c1-8-3-13-12(19(2)15(20)23-13)7-14(8)24(21,22)18-11-5-9(16)4-10(17)6-11/h3-7,18H,1-2H3. The van der Waals surface area contributed by atoms with E-state index in [0.717, 1.165) is 12.1 Å². The number of hydrogen-bond donors (Lipinski definition) is 1. The van der Waals surface area contributed by atoms with E-state index >= 15 is 0 Å². The Morgan fingerprint density at radius 1 is 1.21 bits per heavy atom. The molecule has 0 saturated carbocycles. The Bertz CT molecular complexity index is 1100. The lowest BCUT2D eigenvalue weighted by Gasteiger charge is -2.11. The molecular weight excluding hydrogens is 359 g/mol. The van der Waals surface area contributed by atoms with Crippen LogP contribution in [0.2, 0.25) is 5.02 Å². The molecule has 0 saturated heterocycles. The van der Waals surface area contributed by atoms with E-state index in [2.05, 4.69) is 4.72 Å². The fourth-order valence-corrected chi connectivity index (χ4v) is 3.88. The largest absolute Gasteiger partial charge is 0.419 e. The highest BCUT2D eigenvalue weighted by Crippen LogP contribution is 2.26. The van der Waals surface area contributed by atoms with Gasteiger partial charge < -0.3 is 4.42 Å². The number of nitrogens with zero attached hydrogens (tertiary/aromatic N) is 1. The summed E-state index contributed by atoms with van der Waals surface area (Å²) >= 11 is 5.73. The molecule has 9 heteroatoms. The van der Waals surface area contributed by atoms with Gasteiger partial charge in [-0.3, -0.25) is 9.29 Å². The normalized spacial score (nSPS) is 11.8. The van der Waals surface area contributed by atoms with E-state index in [0.29, 0.717) is 11.1 Å². The minimum atomic E-state index is -4.01. The molecule has 1 N–H and O–H groups in total. The van der Waals surface area contributed by atoms with Crippen LogP contribution in [0.15, 0.2) is 44.4 Å². The molecule has 1 aromatic heterocycles. The van der Waals surface area contributed by atoms with Gasteiger partial charge in [-0.05, 0) is 42.8 Å². The second-order valence-corrected chi connectivity index (χ2v) is 7.36. The van der Waals surface area contributed by atoms with Gasteiger partial charge in [0.05, 0.1) is 16.1 Å². The average molecular weight is 371 g/mol. The molecule has 0 spiro atoms. The molecule has 0 fully saturated rings. The predicted octanol–water partition coefficient (Wildman–Crippen LogP) is 3.03. The van der Waals surface area contributed by atoms with E-state index in [-0.39, 0.29) is 21.2 Å². The monoisotopic (exact) mass is 370 g/mol. The van der Waals surface area contributed by atoms with Gasteiger partial charge in [0.2, 0.25) is 0 Å². The van der Waals surface area contributed by atoms with Gasteiger partial charge in [-0.2, -0.15) is 0 Å². The zero-order valence-electron chi connectivity index (χ0n) is 12.6. The number of aryl methyl sites for hydroxylation is 2. The second kappa shape index (κ2) is 5.64. The van der Waals surface area contributed by atoms with Gasteiger partial charge >= 0.3 is 5.76 Å². The third-order valence-electron chi connectivity index (χ3n) is 3.49. The van der Waals surface area contributed by atoms with E-state index in [1.165, 1.54) is 29.8 Å². The zero-order valence-corrected chi connectivity index (χ0v) is 14.2. The van der Waals surface area contributed by atoms with Crippen molar-refractivity contribution in [3.05, 3.63) is 57.3 Å². The number of aromatic nitrogens is 1. The Kier molecular flexibility index (Phi) is 3.89. The lowest BCUT2D eigenvalue weighted by molar-refractivity contribution is 0.528. The molecule has 0 amide bonds. The van der Waals surface area contributed by atoms with E-state index in [1.54, 1.807) is 6.92 Å². The highest BCUT2D eigenvalue weighted by atomic mass is 35.5. The van der Waals surface area contributed by atoms with E-state index in [4.69, 9.17) is 16.0 Å². The van der Waals surface area contributed by atoms with Crippen molar-refractivity contribution >= 4 is 38.4 Å². The van der Waals surface area contributed by atoms with Crippen molar-refractivity contribution < 1.29 is 17.2 Å². The molecule has 3 aromatic rings. The number of nitrogens with one attached hydrogen (secondary N) is 1. The van der Waals surface area contributed by atoms with Crippen LogP contribution in [0.3, 0.4) is 0 Å².